The van der Waals surface area contributed by atoms with Crippen LogP contribution >= 0.6 is 27.7 Å². The van der Waals surface area contributed by atoms with Gasteiger partial charge in [0.05, 0.1) is 0 Å². The van der Waals surface area contributed by atoms with Crippen molar-refractivity contribution in [1.82, 2.24) is 9.97 Å². The van der Waals surface area contributed by atoms with E-state index in [0.29, 0.717) is 16.8 Å². The smallest absolute Gasteiger partial charge is 0.191 e. The second kappa shape index (κ2) is 6.23. The first kappa shape index (κ1) is 14.1. The third-order valence-corrected chi connectivity index (χ3v) is 3.53. The zero-order chi connectivity index (χ0) is 13.8. The zero-order valence-electron chi connectivity index (χ0n) is 10.6. The molecule has 1 aromatic carbocycles. The van der Waals surface area contributed by atoms with Gasteiger partial charge in [0.25, 0.3) is 0 Å². The molecule has 0 aliphatic heterocycles. The molecule has 1 aromatic heterocycles. The van der Waals surface area contributed by atoms with Crippen molar-refractivity contribution in [2.75, 3.05) is 17.0 Å². The third-order valence-electron chi connectivity index (χ3n) is 2.49. The minimum Gasteiger partial charge on any atom is -0.340 e. The number of hydrogen-bond acceptors (Lipinski definition) is 6. The van der Waals surface area contributed by atoms with E-state index in [4.69, 9.17) is 5.84 Å². The van der Waals surface area contributed by atoms with Crippen LogP contribution in [0.5, 0.6) is 0 Å². The summed E-state index contributed by atoms with van der Waals surface area (Å²) in [6, 6.07) is 7.78. The van der Waals surface area contributed by atoms with E-state index >= 15 is 0 Å². The number of aromatic nitrogens is 2. The van der Waals surface area contributed by atoms with Gasteiger partial charge in [-0.3, -0.25) is 0 Å². The van der Waals surface area contributed by atoms with Crippen molar-refractivity contribution in [3.63, 3.8) is 0 Å². The molecule has 5 nitrogen and oxygen atoms in total. The molecular weight excluding hydrogens is 326 g/mol. The Morgan fingerprint density at radius 3 is 2.58 bits per heavy atom. The van der Waals surface area contributed by atoms with Crippen molar-refractivity contribution < 1.29 is 0 Å². The molecule has 0 amide bonds. The monoisotopic (exact) mass is 339 g/mol. The molecule has 2 rings (SSSR count). The van der Waals surface area contributed by atoms with Crippen LogP contribution in [0.2, 0.25) is 0 Å². The summed E-state index contributed by atoms with van der Waals surface area (Å²) >= 11 is 4.91. The molecule has 4 N–H and O–H groups in total. The predicted molar refractivity (Wildman–Crippen MR) is 83.8 cm³/mol. The number of thioether (sulfide) groups is 1. The minimum absolute atomic E-state index is 0.580. The van der Waals surface area contributed by atoms with Gasteiger partial charge in [-0.2, -0.15) is 0 Å². The van der Waals surface area contributed by atoms with Crippen molar-refractivity contribution in [2.24, 2.45) is 5.84 Å². The van der Waals surface area contributed by atoms with E-state index in [1.54, 1.807) is 6.07 Å². The Morgan fingerprint density at radius 2 is 1.95 bits per heavy atom. The first-order chi connectivity index (χ1) is 9.12. The fraction of sp³-hybridized carbons (Fsp3) is 0.167. The number of anilines is 3. The van der Waals surface area contributed by atoms with Crippen LogP contribution in [0.15, 0.2) is 33.9 Å². The number of nitrogen functional groups attached to an aromatic ring is 1. The van der Waals surface area contributed by atoms with Gasteiger partial charge in [-0.1, -0.05) is 27.7 Å². The second-order valence-electron chi connectivity index (χ2n) is 3.85. The van der Waals surface area contributed by atoms with Crippen LogP contribution in [-0.4, -0.2) is 16.2 Å². The highest BCUT2D eigenvalue weighted by atomic mass is 79.9. The van der Waals surface area contributed by atoms with Gasteiger partial charge < -0.3 is 10.7 Å². The first-order valence-corrected chi connectivity index (χ1v) is 7.57. The Morgan fingerprint density at radius 1 is 1.21 bits per heavy atom. The standard InChI is InChI=1S/C12H14BrN5S/c1-7-5-8(13)3-4-9(7)15-10-6-11(18-14)17-12(16-10)19-2/h3-6H,14H2,1-2H3,(H2,15,16,17,18). The van der Waals surface area contributed by atoms with Crippen LogP contribution in [0, 0.1) is 6.92 Å². The van der Waals surface area contributed by atoms with E-state index < -0.39 is 0 Å². The number of nitrogens with zero attached hydrogens (tertiary/aromatic N) is 2. The summed E-state index contributed by atoms with van der Waals surface area (Å²) in [4.78, 5) is 8.61. The van der Waals surface area contributed by atoms with Gasteiger partial charge in [-0.15, -0.1) is 0 Å². The molecule has 100 valence electrons. The average Bonchev–Trinajstić information content (AvgIpc) is 2.41. The van der Waals surface area contributed by atoms with Crippen LogP contribution in [0.1, 0.15) is 5.56 Å². The molecule has 0 spiro atoms. The molecule has 0 aliphatic rings. The average molecular weight is 340 g/mol. The Kier molecular flexibility index (Phi) is 4.62. The molecule has 1 heterocycles. The van der Waals surface area contributed by atoms with Crippen molar-refractivity contribution >= 4 is 45.0 Å². The van der Waals surface area contributed by atoms with Crippen LogP contribution < -0.4 is 16.6 Å². The lowest BCUT2D eigenvalue weighted by molar-refractivity contribution is 0.971. The molecule has 0 atom stereocenters. The third kappa shape index (κ3) is 3.59. The number of halogens is 1. The molecule has 0 unspecified atom stereocenters. The summed E-state index contributed by atoms with van der Waals surface area (Å²) in [6.45, 7) is 2.03. The van der Waals surface area contributed by atoms with Crippen LogP contribution in [0.4, 0.5) is 17.3 Å². The van der Waals surface area contributed by atoms with Gasteiger partial charge in [0.2, 0.25) is 0 Å². The highest BCUT2D eigenvalue weighted by molar-refractivity contribution is 9.10. The van der Waals surface area contributed by atoms with E-state index in [1.165, 1.54) is 11.8 Å². The Balaban J connectivity index is 2.31. The zero-order valence-corrected chi connectivity index (χ0v) is 13.0. The lowest BCUT2D eigenvalue weighted by Gasteiger charge is -2.11. The normalized spacial score (nSPS) is 10.3. The Labute approximate surface area is 124 Å². The van der Waals surface area contributed by atoms with Gasteiger partial charge in [0.1, 0.15) is 11.6 Å². The molecular formula is C12H14BrN5S. The number of nitrogens with two attached hydrogens (primary N) is 1. The van der Waals surface area contributed by atoms with E-state index in [1.807, 2.05) is 31.4 Å². The topological polar surface area (TPSA) is 75.9 Å². The van der Waals surface area contributed by atoms with E-state index in [-0.39, 0.29) is 0 Å². The van der Waals surface area contributed by atoms with Crippen molar-refractivity contribution in [1.29, 1.82) is 0 Å². The second-order valence-corrected chi connectivity index (χ2v) is 5.54. The lowest BCUT2D eigenvalue weighted by atomic mass is 10.2. The van der Waals surface area contributed by atoms with Gasteiger partial charge in [-0.25, -0.2) is 15.8 Å². The van der Waals surface area contributed by atoms with Gasteiger partial charge >= 0.3 is 0 Å². The maximum atomic E-state index is 5.40. The van der Waals surface area contributed by atoms with Crippen molar-refractivity contribution in [3.05, 3.63) is 34.3 Å². The number of nitrogens with one attached hydrogen (secondary N) is 2. The van der Waals surface area contributed by atoms with Gasteiger partial charge in [0, 0.05) is 16.2 Å². The predicted octanol–water partition coefficient (Wildman–Crippen LogP) is 3.30. The van der Waals surface area contributed by atoms with Gasteiger partial charge in [-0.05, 0) is 36.9 Å². The lowest BCUT2D eigenvalue weighted by Crippen LogP contribution is -2.10. The van der Waals surface area contributed by atoms with E-state index in [9.17, 15) is 0 Å². The molecule has 19 heavy (non-hydrogen) atoms. The van der Waals surface area contributed by atoms with Crippen molar-refractivity contribution in [2.45, 2.75) is 12.1 Å². The molecule has 2 aromatic rings. The first-order valence-electron chi connectivity index (χ1n) is 5.55. The number of rotatable bonds is 4. The van der Waals surface area contributed by atoms with E-state index in [2.05, 4.69) is 36.6 Å². The summed E-state index contributed by atoms with van der Waals surface area (Å²) in [5, 5.41) is 3.93. The minimum atomic E-state index is 0.580. The number of benzene rings is 1. The Bertz CT molecular complexity index is 568. The maximum absolute atomic E-state index is 5.40. The largest absolute Gasteiger partial charge is 0.340 e. The fourth-order valence-electron chi connectivity index (χ4n) is 1.56. The van der Waals surface area contributed by atoms with Crippen LogP contribution in [0.25, 0.3) is 0 Å². The van der Waals surface area contributed by atoms with Crippen LogP contribution in [-0.2, 0) is 0 Å². The van der Waals surface area contributed by atoms with Crippen molar-refractivity contribution in [3.8, 4) is 0 Å². The molecule has 7 heteroatoms. The highest BCUT2D eigenvalue weighted by Crippen LogP contribution is 2.25. The summed E-state index contributed by atoms with van der Waals surface area (Å²) in [5.74, 6) is 6.69. The number of hydrogen-bond donors (Lipinski definition) is 3. The number of aryl methyl sites for hydroxylation is 1. The molecule has 0 saturated heterocycles. The summed E-state index contributed by atoms with van der Waals surface area (Å²) in [5.41, 5.74) is 4.66. The maximum Gasteiger partial charge on any atom is 0.191 e. The SMILES string of the molecule is CSc1nc(NN)cc(Nc2ccc(Br)cc2C)n1. The molecule has 0 aliphatic carbocycles. The molecule has 0 radical (unpaired) electrons. The highest BCUT2D eigenvalue weighted by Gasteiger charge is 2.05. The molecule has 0 fully saturated rings. The fourth-order valence-corrected chi connectivity index (χ4v) is 2.41. The molecule has 0 bridgehead atoms. The van der Waals surface area contributed by atoms with Crippen LogP contribution in [0.3, 0.4) is 0 Å². The summed E-state index contributed by atoms with van der Waals surface area (Å²) in [7, 11) is 0. The molecule has 0 saturated carbocycles. The summed E-state index contributed by atoms with van der Waals surface area (Å²) in [6.07, 6.45) is 1.92. The van der Waals surface area contributed by atoms with E-state index in [0.717, 1.165) is 15.7 Å². The quantitative estimate of drug-likeness (QED) is 0.343. The van der Waals surface area contributed by atoms with Gasteiger partial charge in [0.15, 0.2) is 5.16 Å². The summed E-state index contributed by atoms with van der Waals surface area (Å²) < 4.78 is 1.05. The number of hydrazine groups is 1. The Hall–Kier alpha value is -1.31.